The third kappa shape index (κ3) is 7.50. The molecular weight excluding hydrogens is 817 g/mol. The highest BCUT2D eigenvalue weighted by atomic mass is 32.1. The molecular formula is C48H62N8O6S. The Balaban J connectivity index is 1.14. The van der Waals surface area contributed by atoms with Crippen molar-refractivity contribution in [3.63, 3.8) is 0 Å². The number of likely N-dealkylation sites (tertiary alicyclic amines) is 2. The average Bonchev–Trinajstić information content (AvgIpc) is 3.63. The summed E-state index contributed by atoms with van der Waals surface area (Å²) in [6.45, 7) is 14.8. The number of pyridine rings is 1. The highest BCUT2D eigenvalue weighted by Gasteiger charge is 2.55. The summed E-state index contributed by atoms with van der Waals surface area (Å²) in [6, 6.07) is 8.68. The molecule has 6 bridgehead atoms. The van der Waals surface area contributed by atoms with Crippen LogP contribution in [0.4, 0.5) is 0 Å². The first-order valence-electron chi connectivity index (χ1n) is 23.0. The van der Waals surface area contributed by atoms with E-state index in [1.807, 2.05) is 19.2 Å². The van der Waals surface area contributed by atoms with Gasteiger partial charge in [0, 0.05) is 77.2 Å². The van der Waals surface area contributed by atoms with Gasteiger partial charge in [0.15, 0.2) is 0 Å². The van der Waals surface area contributed by atoms with Gasteiger partial charge in [0.25, 0.3) is 5.91 Å². The summed E-state index contributed by atoms with van der Waals surface area (Å²) in [5, 5.41) is 8.85. The molecule has 4 aromatic rings. The van der Waals surface area contributed by atoms with E-state index in [9.17, 15) is 9.59 Å². The van der Waals surface area contributed by atoms with Crippen LogP contribution >= 0.6 is 11.3 Å². The number of amides is 2. The number of benzene rings is 1. The van der Waals surface area contributed by atoms with Crippen molar-refractivity contribution in [1.29, 1.82) is 0 Å². The second kappa shape index (κ2) is 16.3. The number of cyclic esters (lactones) is 1. The Hall–Kier alpha value is -4.25. The van der Waals surface area contributed by atoms with E-state index in [0.29, 0.717) is 39.0 Å². The Labute approximate surface area is 374 Å². The maximum atomic E-state index is 15.1. The largest absolute Gasteiger partial charge is 0.464 e. The highest BCUT2D eigenvalue weighted by Crippen LogP contribution is 2.48. The Kier molecular flexibility index (Phi) is 11.1. The number of ether oxygens (including phenoxy) is 3. The fraction of sp³-hybridized carbons (Fsp3) is 0.604. The molecule has 8 heterocycles. The van der Waals surface area contributed by atoms with Crippen LogP contribution in [0.15, 0.2) is 41.9 Å². The zero-order valence-corrected chi connectivity index (χ0v) is 38.5. The van der Waals surface area contributed by atoms with Crippen molar-refractivity contribution < 1.29 is 28.6 Å². The molecule has 14 nitrogen and oxygen atoms in total. The molecule has 1 unspecified atom stereocenters. The van der Waals surface area contributed by atoms with Gasteiger partial charge in [-0.05, 0) is 94.3 Å². The summed E-state index contributed by atoms with van der Waals surface area (Å²) in [4.78, 5) is 58.5. The Morgan fingerprint density at radius 2 is 1.89 bits per heavy atom. The summed E-state index contributed by atoms with van der Waals surface area (Å²) >= 11 is 1.55. The van der Waals surface area contributed by atoms with Gasteiger partial charge in [0.1, 0.15) is 17.1 Å². The highest BCUT2D eigenvalue weighted by molar-refractivity contribution is 7.10. The van der Waals surface area contributed by atoms with Crippen LogP contribution in [0, 0.1) is 23.2 Å². The van der Waals surface area contributed by atoms with E-state index in [0.717, 1.165) is 82.2 Å². The first-order valence-corrected chi connectivity index (χ1v) is 23.8. The summed E-state index contributed by atoms with van der Waals surface area (Å²) in [7, 11) is 3.91. The van der Waals surface area contributed by atoms with Gasteiger partial charge in [-0.2, -0.15) is 0 Å². The first kappa shape index (κ1) is 42.7. The molecule has 5 fully saturated rings. The maximum Gasteiger partial charge on any atom is 0.324 e. The van der Waals surface area contributed by atoms with E-state index in [-0.39, 0.29) is 53.9 Å². The number of nitrogens with zero attached hydrogens (tertiary/aromatic N) is 6. The normalized spacial score (nSPS) is 29.2. The van der Waals surface area contributed by atoms with Gasteiger partial charge in [-0.3, -0.25) is 34.2 Å². The van der Waals surface area contributed by atoms with Crippen LogP contribution in [0.2, 0.25) is 0 Å². The molecule has 10 rings (SSSR count). The van der Waals surface area contributed by atoms with E-state index in [4.69, 9.17) is 24.2 Å². The van der Waals surface area contributed by atoms with Crippen LogP contribution in [0.1, 0.15) is 94.8 Å². The van der Waals surface area contributed by atoms with Crippen molar-refractivity contribution >= 4 is 40.0 Å². The summed E-state index contributed by atoms with van der Waals surface area (Å²) < 4.78 is 20.4. The summed E-state index contributed by atoms with van der Waals surface area (Å²) in [5.74, 6) is -0.443. The van der Waals surface area contributed by atoms with Crippen molar-refractivity contribution in [2.24, 2.45) is 23.2 Å². The number of fused-ring (bicyclic) bond motifs is 6. The molecule has 3 aromatic heterocycles. The molecule has 5 aliphatic heterocycles. The zero-order valence-electron chi connectivity index (χ0n) is 37.7. The number of hydrogen-bond donors (Lipinski definition) is 2. The monoisotopic (exact) mass is 878 g/mol. The second-order valence-electron chi connectivity index (χ2n) is 20.1. The lowest BCUT2D eigenvalue weighted by Gasteiger charge is -2.55. The number of thiazole rings is 1. The Morgan fingerprint density at radius 1 is 1.10 bits per heavy atom. The first-order chi connectivity index (χ1) is 30.3. The summed E-state index contributed by atoms with van der Waals surface area (Å²) in [6.07, 6.45) is 5.54. The Bertz CT molecular complexity index is 2410. The number of carbonyl (C=O) groups is 3. The Morgan fingerprint density at radius 3 is 2.59 bits per heavy atom. The van der Waals surface area contributed by atoms with Crippen molar-refractivity contribution in [3.8, 4) is 22.5 Å². The molecule has 336 valence electrons. The van der Waals surface area contributed by atoms with Gasteiger partial charge in [0.05, 0.1) is 55.1 Å². The predicted molar refractivity (Wildman–Crippen MR) is 241 cm³/mol. The van der Waals surface area contributed by atoms with Crippen molar-refractivity contribution in [2.75, 3.05) is 60.2 Å². The molecule has 2 amide bonds. The number of rotatable bonds is 7. The molecule has 0 radical (unpaired) electrons. The molecule has 63 heavy (non-hydrogen) atoms. The van der Waals surface area contributed by atoms with Gasteiger partial charge in [-0.1, -0.05) is 33.8 Å². The van der Waals surface area contributed by atoms with E-state index >= 15 is 4.79 Å². The van der Waals surface area contributed by atoms with Gasteiger partial charge < -0.3 is 24.1 Å². The molecule has 7 atom stereocenters. The number of aromatic nitrogens is 3. The summed E-state index contributed by atoms with van der Waals surface area (Å²) in [5.41, 5.74) is 9.75. The average molecular weight is 879 g/mol. The SMILES string of the molecule is CO[C@@H](C)c1ncccc1-c1c2c3cc(ccc3n1C1COC1)-c1csc(n1)[C@@H](N1CC3(CCCN3C)C1)[C@H](NC(=O)C1[C@@H](C)[C@H]1C)C(=O)N1CCC[C@H](N1)C(=O)OCC(C)(C)C2. The van der Waals surface area contributed by atoms with Crippen molar-refractivity contribution in [1.82, 2.24) is 40.1 Å². The minimum atomic E-state index is -0.931. The number of carbonyl (C=O) groups excluding carboxylic acids is 3. The predicted octanol–water partition coefficient (Wildman–Crippen LogP) is 5.93. The zero-order chi connectivity index (χ0) is 43.9. The van der Waals surface area contributed by atoms with E-state index in [1.54, 1.807) is 23.5 Å². The smallest absolute Gasteiger partial charge is 0.324 e. The maximum absolute atomic E-state index is 15.1. The molecule has 2 N–H and O–H groups in total. The molecule has 1 spiro atoms. The number of hydrogen-bond acceptors (Lipinski definition) is 12. The lowest BCUT2D eigenvalue weighted by Crippen LogP contribution is -2.70. The number of methoxy groups -OCH3 is 1. The van der Waals surface area contributed by atoms with Gasteiger partial charge in [-0.25, -0.2) is 10.4 Å². The van der Waals surface area contributed by atoms with E-state index in [2.05, 4.69) is 89.5 Å². The molecule has 4 saturated heterocycles. The fourth-order valence-corrected chi connectivity index (χ4v) is 12.1. The standard InChI is InChI=1S/C48H62N8O6S/c1-27-28(2)38(27)43(57)51-40-42(54-24-48(25-54)15-10-17-53(48)6)44-50-36(23-63-44)30-13-14-37-33(19-30)34(20-47(4,5)26-62-46(59)35-12-9-18-55(52-35)45(40)58)41(56(37)31-21-61-22-31)32-11-8-16-49-39(32)29(3)60-7/h8,11,13-14,16,19,23,27-29,31,35,38,40,42,52H,9-10,12,15,17-18,20-22,24-26H2,1-7H3,(H,51,57)/t27-,28+,29-,35-,38?,40-,42-/m0/s1. The van der Waals surface area contributed by atoms with Crippen LogP contribution in [0.3, 0.4) is 0 Å². The van der Waals surface area contributed by atoms with Gasteiger partial charge >= 0.3 is 5.97 Å². The molecule has 1 aromatic carbocycles. The quantitative estimate of drug-likeness (QED) is 0.213. The van der Waals surface area contributed by atoms with Crippen molar-refractivity contribution in [2.45, 2.75) is 103 Å². The second-order valence-corrected chi connectivity index (χ2v) is 21.0. The van der Waals surface area contributed by atoms with E-state index < -0.39 is 29.5 Å². The number of hydrazine groups is 1. The number of esters is 1. The number of nitrogens with one attached hydrogen (secondary N) is 2. The molecule has 6 aliphatic rings. The topological polar surface area (TPSA) is 143 Å². The van der Waals surface area contributed by atoms with Crippen molar-refractivity contribution in [3.05, 3.63) is 58.2 Å². The van der Waals surface area contributed by atoms with Crippen LogP contribution in [0.5, 0.6) is 0 Å². The van der Waals surface area contributed by atoms with Gasteiger partial charge in [0.2, 0.25) is 5.91 Å². The van der Waals surface area contributed by atoms with Crippen LogP contribution in [-0.4, -0.2) is 125 Å². The van der Waals surface area contributed by atoms with Crippen LogP contribution in [0.25, 0.3) is 33.4 Å². The number of likely N-dealkylation sites (N-methyl/N-ethyl adjacent to an activating group) is 1. The lowest BCUT2D eigenvalue weighted by molar-refractivity contribution is -0.156. The third-order valence-corrected chi connectivity index (χ3v) is 16.2. The minimum Gasteiger partial charge on any atom is -0.464 e. The third-order valence-electron chi connectivity index (χ3n) is 15.3. The van der Waals surface area contributed by atoms with E-state index in [1.165, 1.54) is 0 Å². The lowest BCUT2D eigenvalue weighted by atomic mass is 9.84. The van der Waals surface area contributed by atoms with Crippen LogP contribution in [-0.2, 0) is 35.0 Å². The molecule has 15 heteroatoms. The fourth-order valence-electron chi connectivity index (χ4n) is 11.1. The minimum absolute atomic E-state index is 0.0300. The van der Waals surface area contributed by atoms with Gasteiger partial charge in [-0.15, -0.1) is 11.3 Å². The molecule has 1 aliphatic carbocycles. The van der Waals surface area contributed by atoms with Crippen LogP contribution < -0.4 is 10.7 Å². The molecule has 1 saturated carbocycles.